The number of nitrogens with one attached hydrogen (secondary N) is 1. The van der Waals surface area contributed by atoms with Gasteiger partial charge in [-0.05, 0) is 43.6 Å². The zero-order valence-corrected chi connectivity index (χ0v) is 12.8. The molecule has 1 unspecified atom stereocenters. The van der Waals surface area contributed by atoms with E-state index in [0.717, 1.165) is 44.8 Å². The van der Waals surface area contributed by atoms with Crippen LogP contribution in [0.25, 0.3) is 0 Å². The van der Waals surface area contributed by atoms with E-state index in [4.69, 9.17) is 5.84 Å². The van der Waals surface area contributed by atoms with Gasteiger partial charge in [0.25, 0.3) is 0 Å². The summed E-state index contributed by atoms with van der Waals surface area (Å²) < 4.78 is 27.2. The van der Waals surface area contributed by atoms with Crippen LogP contribution >= 0.6 is 0 Å². The van der Waals surface area contributed by atoms with Gasteiger partial charge in [-0.2, -0.15) is 0 Å². The van der Waals surface area contributed by atoms with Gasteiger partial charge >= 0.3 is 0 Å². The zero-order valence-electron chi connectivity index (χ0n) is 12.8. The molecule has 0 spiro atoms. The Labute approximate surface area is 125 Å². The van der Waals surface area contributed by atoms with Crippen LogP contribution in [0.5, 0.6) is 0 Å². The second-order valence-corrected chi connectivity index (χ2v) is 5.79. The maximum atomic E-state index is 13.6. The van der Waals surface area contributed by atoms with Crippen LogP contribution in [0.2, 0.25) is 0 Å². The van der Waals surface area contributed by atoms with Gasteiger partial charge in [0, 0.05) is 11.6 Å². The normalized spacial score (nSPS) is 19.1. The van der Waals surface area contributed by atoms with Crippen LogP contribution in [-0.2, 0) is 0 Å². The van der Waals surface area contributed by atoms with E-state index in [0.29, 0.717) is 5.56 Å². The monoisotopic (exact) mass is 297 g/mol. The summed E-state index contributed by atoms with van der Waals surface area (Å²) in [5.74, 6) is 4.68. The summed E-state index contributed by atoms with van der Waals surface area (Å²) in [4.78, 5) is 2.37. The summed E-state index contributed by atoms with van der Waals surface area (Å²) in [6, 6.07) is 3.40. The lowest BCUT2D eigenvalue weighted by Gasteiger charge is -2.46. The van der Waals surface area contributed by atoms with Gasteiger partial charge < -0.3 is 0 Å². The maximum Gasteiger partial charge on any atom is 0.126 e. The number of benzene rings is 1. The van der Waals surface area contributed by atoms with Crippen molar-refractivity contribution in [2.75, 3.05) is 13.1 Å². The summed E-state index contributed by atoms with van der Waals surface area (Å²) in [5, 5.41) is 0. The summed E-state index contributed by atoms with van der Waals surface area (Å²) in [6.45, 7) is 6.02. The first kappa shape index (κ1) is 16.3. The molecule has 3 N–H and O–H groups in total. The van der Waals surface area contributed by atoms with E-state index in [-0.39, 0.29) is 11.6 Å². The van der Waals surface area contributed by atoms with Gasteiger partial charge in [0.2, 0.25) is 0 Å². The summed E-state index contributed by atoms with van der Waals surface area (Å²) in [6.07, 6.45) is 4.21. The molecule has 0 amide bonds. The van der Waals surface area contributed by atoms with Crippen LogP contribution in [0.15, 0.2) is 18.2 Å². The number of hydrogen-bond donors (Lipinski definition) is 2. The molecular weight excluding hydrogens is 272 g/mol. The van der Waals surface area contributed by atoms with Crippen LogP contribution in [0, 0.1) is 11.6 Å². The van der Waals surface area contributed by atoms with Gasteiger partial charge in [-0.15, -0.1) is 0 Å². The first-order chi connectivity index (χ1) is 10.1. The fourth-order valence-corrected chi connectivity index (χ4v) is 3.93. The third kappa shape index (κ3) is 3.10. The molecule has 0 aromatic heterocycles. The number of halogens is 2. The highest BCUT2D eigenvalue weighted by molar-refractivity contribution is 5.26. The Balaban J connectivity index is 2.45. The molecule has 0 heterocycles. The minimum Gasteiger partial charge on any atom is -0.296 e. The van der Waals surface area contributed by atoms with Crippen molar-refractivity contribution < 1.29 is 8.78 Å². The SMILES string of the molecule is CCN(CC)C1(C(NN)c2cc(F)cc(F)c2)CCCC1. The van der Waals surface area contributed by atoms with Crippen molar-refractivity contribution in [3.05, 3.63) is 35.4 Å². The molecule has 0 aliphatic heterocycles. The minimum absolute atomic E-state index is 0.168. The lowest BCUT2D eigenvalue weighted by Crippen LogP contribution is -2.56. The number of hydrogen-bond acceptors (Lipinski definition) is 3. The minimum atomic E-state index is -0.557. The third-order valence-electron chi connectivity index (χ3n) is 4.78. The Morgan fingerprint density at radius 3 is 2.10 bits per heavy atom. The van der Waals surface area contributed by atoms with Crippen LogP contribution in [0.4, 0.5) is 8.78 Å². The molecule has 0 bridgehead atoms. The van der Waals surface area contributed by atoms with Crippen molar-refractivity contribution in [3.63, 3.8) is 0 Å². The Morgan fingerprint density at radius 2 is 1.67 bits per heavy atom. The highest BCUT2D eigenvalue weighted by Gasteiger charge is 2.45. The largest absolute Gasteiger partial charge is 0.296 e. The Morgan fingerprint density at radius 1 is 1.14 bits per heavy atom. The average Bonchev–Trinajstić information content (AvgIpc) is 2.90. The molecule has 1 aliphatic rings. The smallest absolute Gasteiger partial charge is 0.126 e. The number of likely N-dealkylation sites (N-methyl/N-ethyl adjacent to an activating group) is 1. The molecule has 1 aromatic rings. The van der Waals surface area contributed by atoms with Gasteiger partial charge in [-0.3, -0.25) is 16.2 Å². The van der Waals surface area contributed by atoms with E-state index in [9.17, 15) is 8.78 Å². The quantitative estimate of drug-likeness (QED) is 0.626. The predicted molar refractivity (Wildman–Crippen MR) is 80.5 cm³/mol. The van der Waals surface area contributed by atoms with Gasteiger partial charge in [-0.1, -0.05) is 26.7 Å². The Bertz CT molecular complexity index is 448. The molecule has 21 heavy (non-hydrogen) atoms. The molecule has 3 nitrogen and oxygen atoms in total. The molecule has 1 aliphatic carbocycles. The molecule has 1 aromatic carbocycles. The van der Waals surface area contributed by atoms with E-state index < -0.39 is 11.6 Å². The van der Waals surface area contributed by atoms with Crippen molar-refractivity contribution in [1.29, 1.82) is 0 Å². The van der Waals surface area contributed by atoms with E-state index in [1.54, 1.807) is 0 Å². The van der Waals surface area contributed by atoms with Crippen LogP contribution < -0.4 is 11.3 Å². The molecule has 1 saturated carbocycles. The molecule has 1 fully saturated rings. The number of nitrogens with two attached hydrogens (primary N) is 1. The van der Waals surface area contributed by atoms with E-state index in [1.807, 2.05) is 0 Å². The molecule has 5 heteroatoms. The molecule has 0 saturated heterocycles. The van der Waals surface area contributed by atoms with E-state index in [2.05, 4.69) is 24.2 Å². The van der Waals surface area contributed by atoms with Crippen molar-refractivity contribution in [3.8, 4) is 0 Å². The molecule has 118 valence electrons. The first-order valence-corrected chi connectivity index (χ1v) is 7.74. The Hall–Kier alpha value is -1.04. The second kappa shape index (κ2) is 6.81. The highest BCUT2D eigenvalue weighted by Crippen LogP contribution is 2.44. The fourth-order valence-electron chi connectivity index (χ4n) is 3.93. The molecular formula is C16H25F2N3. The summed E-state index contributed by atoms with van der Waals surface area (Å²) >= 11 is 0. The van der Waals surface area contributed by atoms with Crippen molar-refractivity contribution in [2.24, 2.45) is 5.84 Å². The number of hydrazine groups is 1. The van der Waals surface area contributed by atoms with Gasteiger partial charge in [0.05, 0.1) is 6.04 Å². The highest BCUT2D eigenvalue weighted by atomic mass is 19.1. The van der Waals surface area contributed by atoms with Gasteiger partial charge in [0.15, 0.2) is 0 Å². The van der Waals surface area contributed by atoms with Crippen molar-refractivity contribution >= 4 is 0 Å². The maximum absolute atomic E-state index is 13.6. The van der Waals surface area contributed by atoms with E-state index in [1.165, 1.54) is 12.1 Å². The number of rotatable bonds is 6. The van der Waals surface area contributed by atoms with Crippen LogP contribution in [-0.4, -0.2) is 23.5 Å². The fraction of sp³-hybridized carbons (Fsp3) is 0.625. The van der Waals surface area contributed by atoms with Crippen LogP contribution in [0.3, 0.4) is 0 Å². The van der Waals surface area contributed by atoms with E-state index >= 15 is 0 Å². The first-order valence-electron chi connectivity index (χ1n) is 7.74. The van der Waals surface area contributed by atoms with Gasteiger partial charge in [-0.25, -0.2) is 8.78 Å². The topological polar surface area (TPSA) is 41.3 Å². The van der Waals surface area contributed by atoms with Crippen molar-refractivity contribution in [1.82, 2.24) is 10.3 Å². The predicted octanol–water partition coefficient (Wildman–Crippen LogP) is 3.12. The lowest BCUT2D eigenvalue weighted by molar-refractivity contribution is 0.0624. The molecule has 1 atom stereocenters. The summed E-state index contributed by atoms with van der Waals surface area (Å²) in [5.41, 5.74) is 3.25. The Kier molecular flexibility index (Phi) is 5.30. The van der Waals surface area contributed by atoms with Crippen molar-refractivity contribution in [2.45, 2.75) is 51.1 Å². The molecule has 2 rings (SSSR count). The summed E-state index contributed by atoms with van der Waals surface area (Å²) in [7, 11) is 0. The average molecular weight is 297 g/mol. The lowest BCUT2D eigenvalue weighted by atomic mass is 9.82. The zero-order chi connectivity index (χ0) is 15.5. The molecule has 0 radical (unpaired) electrons. The standard InChI is InChI=1S/C16H25F2N3/c1-3-21(4-2)16(7-5-6-8-16)15(20-19)12-9-13(17)11-14(18)10-12/h9-11,15,20H,3-8,19H2,1-2H3. The van der Waals surface area contributed by atoms with Crippen LogP contribution in [0.1, 0.15) is 51.1 Å². The second-order valence-electron chi connectivity index (χ2n) is 5.79. The van der Waals surface area contributed by atoms with Gasteiger partial charge in [0.1, 0.15) is 11.6 Å². The third-order valence-corrected chi connectivity index (χ3v) is 4.78. The number of nitrogens with zero attached hydrogens (tertiary/aromatic N) is 1.